The van der Waals surface area contributed by atoms with Crippen molar-refractivity contribution in [2.75, 3.05) is 11.5 Å². The molecule has 4 rings (SSSR count). The number of benzene rings is 2. The number of unbranched alkanes of at least 4 members (excludes halogenated alkanes) is 2. The average molecular weight is 482 g/mol. The second-order valence-electron chi connectivity index (χ2n) is 7.74. The number of anilines is 1. The van der Waals surface area contributed by atoms with Crippen LogP contribution in [0.1, 0.15) is 42.7 Å². The lowest BCUT2D eigenvalue weighted by Gasteiger charge is -2.24. The van der Waals surface area contributed by atoms with Gasteiger partial charge < -0.3 is 9.84 Å². The van der Waals surface area contributed by atoms with Gasteiger partial charge in [0.25, 0.3) is 11.7 Å². The molecule has 1 saturated heterocycles. The number of carbonyl (C=O) groups excluding carboxylic acids is 2. The van der Waals surface area contributed by atoms with Crippen molar-refractivity contribution in [3.05, 3.63) is 87.1 Å². The van der Waals surface area contributed by atoms with Gasteiger partial charge in [-0.05, 0) is 60.3 Å². The van der Waals surface area contributed by atoms with Gasteiger partial charge in [-0.1, -0.05) is 43.5 Å². The van der Waals surface area contributed by atoms with Crippen LogP contribution in [0.3, 0.4) is 0 Å². The molecule has 2 heterocycles. The number of rotatable bonds is 8. The molecule has 1 fully saturated rings. The third-order valence-corrected chi connectivity index (χ3v) is 6.65. The van der Waals surface area contributed by atoms with E-state index in [1.54, 1.807) is 48.5 Å². The van der Waals surface area contributed by atoms with Crippen molar-refractivity contribution in [1.82, 2.24) is 0 Å². The Balaban J connectivity index is 1.71. The summed E-state index contributed by atoms with van der Waals surface area (Å²) in [6.07, 6.45) is 3.20. The number of nitrogens with zero attached hydrogens (tertiary/aromatic N) is 1. The molecule has 1 N–H and O–H groups in total. The van der Waals surface area contributed by atoms with Gasteiger partial charge in [-0.3, -0.25) is 14.5 Å². The Bertz CT molecular complexity index is 1170. The summed E-state index contributed by atoms with van der Waals surface area (Å²) >= 11 is 7.56. The number of aliphatic hydroxyl groups is 1. The summed E-state index contributed by atoms with van der Waals surface area (Å²) in [4.78, 5) is 28.3. The summed E-state index contributed by atoms with van der Waals surface area (Å²) in [5.41, 5.74) is 0.999. The van der Waals surface area contributed by atoms with Crippen molar-refractivity contribution in [3.8, 4) is 5.75 Å². The first-order chi connectivity index (χ1) is 16.0. The molecule has 1 unspecified atom stereocenters. The zero-order valence-electron chi connectivity index (χ0n) is 18.2. The Hall–Kier alpha value is -3.09. The van der Waals surface area contributed by atoms with Crippen LogP contribution < -0.4 is 9.64 Å². The number of hydrogen-bond donors (Lipinski definition) is 1. The lowest BCUT2D eigenvalue weighted by molar-refractivity contribution is -0.132. The van der Waals surface area contributed by atoms with Crippen LogP contribution in [0.4, 0.5) is 5.69 Å². The molecule has 1 aliphatic heterocycles. The third kappa shape index (κ3) is 4.82. The largest absolute Gasteiger partial charge is 0.507 e. The smallest absolute Gasteiger partial charge is 0.300 e. The fourth-order valence-electron chi connectivity index (χ4n) is 3.85. The van der Waals surface area contributed by atoms with Crippen LogP contribution in [0.25, 0.3) is 5.76 Å². The van der Waals surface area contributed by atoms with E-state index in [0.717, 1.165) is 24.1 Å². The van der Waals surface area contributed by atoms with E-state index in [-0.39, 0.29) is 11.3 Å². The van der Waals surface area contributed by atoms with Crippen LogP contribution in [-0.4, -0.2) is 23.4 Å². The molecule has 1 aliphatic rings. The first-order valence-corrected chi connectivity index (χ1v) is 12.1. The fourth-order valence-corrected chi connectivity index (χ4v) is 4.86. The summed E-state index contributed by atoms with van der Waals surface area (Å²) in [6.45, 7) is 2.76. The van der Waals surface area contributed by atoms with Crippen LogP contribution >= 0.6 is 22.9 Å². The molecule has 3 aromatic rings. The molecular formula is C26H24ClNO4S. The van der Waals surface area contributed by atoms with Crippen molar-refractivity contribution >= 4 is 46.1 Å². The molecule has 5 nitrogen and oxygen atoms in total. The number of carbonyl (C=O) groups is 2. The van der Waals surface area contributed by atoms with Crippen molar-refractivity contribution in [2.24, 2.45) is 0 Å². The minimum Gasteiger partial charge on any atom is -0.507 e. The Kier molecular flexibility index (Phi) is 7.16. The zero-order chi connectivity index (χ0) is 23.4. The maximum Gasteiger partial charge on any atom is 0.300 e. The molecule has 1 atom stereocenters. The molecule has 0 bridgehead atoms. The highest BCUT2D eigenvalue weighted by Gasteiger charge is 2.47. The number of ketones is 1. The summed E-state index contributed by atoms with van der Waals surface area (Å²) < 4.78 is 5.73. The normalized spacial score (nSPS) is 17.5. The highest BCUT2D eigenvalue weighted by molar-refractivity contribution is 7.10. The number of Topliss-reactive ketones (excluding diaryl/α,β-unsaturated/α-hetero) is 1. The Morgan fingerprint density at radius 1 is 1.09 bits per heavy atom. The summed E-state index contributed by atoms with van der Waals surface area (Å²) in [5.74, 6) is -0.954. The van der Waals surface area contributed by atoms with E-state index < -0.39 is 17.7 Å². The topological polar surface area (TPSA) is 66.8 Å². The number of thiophene rings is 1. The van der Waals surface area contributed by atoms with Gasteiger partial charge in [-0.2, -0.15) is 0 Å². The summed E-state index contributed by atoms with van der Waals surface area (Å²) in [7, 11) is 0. The molecule has 7 heteroatoms. The summed E-state index contributed by atoms with van der Waals surface area (Å²) in [6, 6.07) is 16.7. The molecule has 2 aromatic carbocycles. The number of ether oxygens (including phenoxy) is 1. The maximum absolute atomic E-state index is 13.1. The van der Waals surface area contributed by atoms with Gasteiger partial charge in [0, 0.05) is 21.2 Å². The van der Waals surface area contributed by atoms with Gasteiger partial charge in [0.1, 0.15) is 17.6 Å². The van der Waals surface area contributed by atoms with E-state index in [1.165, 1.54) is 16.2 Å². The van der Waals surface area contributed by atoms with E-state index in [1.807, 2.05) is 17.5 Å². The minimum atomic E-state index is -0.742. The van der Waals surface area contributed by atoms with Gasteiger partial charge in [0.2, 0.25) is 0 Å². The third-order valence-electron chi connectivity index (χ3n) is 5.49. The average Bonchev–Trinajstić information content (AvgIpc) is 3.44. The minimum absolute atomic E-state index is 0.0547. The first-order valence-electron chi connectivity index (χ1n) is 10.8. The quantitative estimate of drug-likeness (QED) is 0.170. The molecule has 1 amide bonds. The van der Waals surface area contributed by atoms with Gasteiger partial charge in [-0.25, -0.2) is 0 Å². The Morgan fingerprint density at radius 2 is 1.88 bits per heavy atom. The van der Waals surface area contributed by atoms with Crippen LogP contribution in [0.15, 0.2) is 71.6 Å². The number of aliphatic hydroxyl groups excluding tert-OH is 1. The number of amides is 1. The van der Waals surface area contributed by atoms with Gasteiger partial charge >= 0.3 is 0 Å². The predicted molar refractivity (Wildman–Crippen MR) is 132 cm³/mol. The van der Waals surface area contributed by atoms with E-state index in [2.05, 4.69) is 6.92 Å². The molecule has 33 heavy (non-hydrogen) atoms. The summed E-state index contributed by atoms with van der Waals surface area (Å²) in [5, 5.41) is 13.5. The van der Waals surface area contributed by atoms with Crippen LogP contribution in [0.2, 0.25) is 5.02 Å². The molecule has 170 valence electrons. The van der Waals surface area contributed by atoms with Crippen molar-refractivity contribution in [2.45, 2.75) is 32.2 Å². The lowest BCUT2D eigenvalue weighted by atomic mass is 9.99. The molecule has 1 aromatic heterocycles. The Labute approximate surface area is 201 Å². The van der Waals surface area contributed by atoms with Gasteiger partial charge in [0.05, 0.1) is 12.2 Å². The van der Waals surface area contributed by atoms with Gasteiger partial charge in [0.15, 0.2) is 0 Å². The second-order valence-corrected chi connectivity index (χ2v) is 9.16. The maximum atomic E-state index is 13.1. The van der Waals surface area contributed by atoms with E-state index in [4.69, 9.17) is 16.3 Å². The van der Waals surface area contributed by atoms with Crippen molar-refractivity contribution < 1.29 is 19.4 Å². The highest BCUT2D eigenvalue weighted by Crippen LogP contribution is 2.44. The second kappa shape index (κ2) is 10.2. The van der Waals surface area contributed by atoms with Crippen LogP contribution in [0.5, 0.6) is 5.75 Å². The van der Waals surface area contributed by atoms with Crippen molar-refractivity contribution in [1.29, 1.82) is 0 Å². The van der Waals surface area contributed by atoms with Crippen molar-refractivity contribution in [3.63, 3.8) is 0 Å². The molecule has 0 saturated carbocycles. The van der Waals surface area contributed by atoms with Crippen LogP contribution in [0, 0.1) is 0 Å². The van der Waals surface area contributed by atoms with E-state index in [0.29, 0.717) is 28.6 Å². The Morgan fingerprint density at radius 3 is 2.55 bits per heavy atom. The monoisotopic (exact) mass is 481 g/mol. The number of halogens is 1. The van der Waals surface area contributed by atoms with Crippen LogP contribution in [-0.2, 0) is 9.59 Å². The fraction of sp³-hybridized carbons (Fsp3) is 0.231. The standard InChI is InChI=1S/C26H24ClNO4S/c1-2-3-4-14-32-20-12-10-17(11-13-20)24(29)22-23(21-9-6-15-33-21)28(26(31)25(22)30)19-8-5-7-18(27)16-19/h5-13,15-16,23,29H,2-4,14H2,1H3/b24-22-. The van der Waals surface area contributed by atoms with E-state index in [9.17, 15) is 14.7 Å². The first kappa shape index (κ1) is 23.1. The molecule has 0 spiro atoms. The number of hydrogen-bond acceptors (Lipinski definition) is 5. The molecule has 0 aliphatic carbocycles. The van der Waals surface area contributed by atoms with E-state index >= 15 is 0 Å². The van der Waals surface area contributed by atoms with Gasteiger partial charge in [-0.15, -0.1) is 11.3 Å². The molecule has 0 radical (unpaired) electrons. The molecular weight excluding hydrogens is 458 g/mol. The zero-order valence-corrected chi connectivity index (χ0v) is 19.7. The lowest BCUT2D eigenvalue weighted by Crippen LogP contribution is -2.29. The SMILES string of the molecule is CCCCCOc1ccc(/C(O)=C2/C(=O)C(=O)N(c3cccc(Cl)c3)C2c2cccs2)cc1. The predicted octanol–water partition coefficient (Wildman–Crippen LogP) is 6.60. The highest BCUT2D eigenvalue weighted by atomic mass is 35.5.